The Hall–Kier alpha value is -1.97. The van der Waals surface area contributed by atoms with Gasteiger partial charge in [0.25, 0.3) is 0 Å². The SMILES string of the molecule is CC=C(C)Oc1c(O)cc(C(C)C)c(OC(C)=O)c1C(C)C. The molecule has 0 spiro atoms. The summed E-state index contributed by atoms with van der Waals surface area (Å²) >= 11 is 0. The van der Waals surface area contributed by atoms with Gasteiger partial charge in [-0.05, 0) is 37.8 Å². The lowest BCUT2D eigenvalue weighted by atomic mass is 9.92. The summed E-state index contributed by atoms with van der Waals surface area (Å²) in [5.41, 5.74) is 1.50. The smallest absolute Gasteiger partial charge is 0.308 e. The number of phenolic OH excluding ortho intramolecular Hbond substituents is 1. The number of hydrogen-bond acceptors (Lipinski definition) is 4. The number of phenols is 1. The zero-order valence-electron chi connectivity index (χ0n) is 14.5. The Labute approximate surface area is 132 Å². The Morgan fingerprint density at radius 3 is 2.09 bits per heavy atom. The van der Waals surface area contributed by atoms with Crippen LogP contribution in [0.4, 0.5) is 0 Å². The summed E-state index contributed by atoms with van der Waals surface area (Å²) in [7, 11) is 0. The van der Waals surface area contributed by atoms with Crippen LogP contribution in [0.5, 0.6) is 17.2 Å². The van der Waals surface area contributed by atoms with Crippen molar-refractivity contribution in [3.8, 4) is 17.2 Å². The van der Waals surface area contributed by atoms with E-state index in [0.717, 1.165) is 5.56 Å². The number of rotatable bonds is 5. The fourth-order valence-electron chi connectivity index (χ4n) is 2.21. The molecule has 0 aromatic heterocycles. The monoisotopic (exact) mass is 306 g/mol. The van der Waals surface area contributed by atoms with Crippen molar-refractivity contribution in [2.75, 3.05) is 0 Å². The van der Waals surface area contributed by atoms with Crippen molar-refractivity contribution in [2.45, 2.75) is 60.3 Å². The quantitative estimate of drug-likeness (QED) is 0.479. The van der Waals surface area contributed by atoms with Gasteiger partial charge in [0.05, 0.1) is 5.76 Å². The Balaban J connectivity index is 3.67. The van der Waals surface area contributed by atoms with Crippen LogP contribution in [0.2, 0.25) is 0 Å². The van der Waals surface area contributed by atoms with Crippen LogP contribution in [0.1, 0.15) is 71.4 Å². The molecular formula is C18H26O4. The van der Waals surface area contributed by atoms with E-state index in [1.54, 1.807) is 6.07 Å². The maximum Gasteiger partial charge on any atom is 0.308 e. The van der Waals surface area contributed by atoms with Gasteiger partial charge in [0, 0.05) is 18.1 Å². The molecule has 22 heavy (non-hydrogen) atoms. The van der Waals surface area contributed by atoms with E-state index in [1.165, 1.54) is 6.92 Å². The first-order chi connectivity index (χ1) is 10.2. The molecule has 122 valence electrons. The molecule has 0 heterocycles. The van der Waals surface area contributed by atoms with Gasteiger partial charge in [0.15, 0.2) is 11.5 Å². The fraction of sp³-hybridized carbons (Fsp3) is 0.500. The Kier molecular flexibility index (Phi) is 6.03. The van der Waals surface area contributed by atoms with Crippen LogP contribution in [0, 0.1) is 0 Å². The van der Waals surface area contributed by atoms with Gasteiger partial charge < -0.3 is 14.6 Å². The fourth-order valence-corrected chi connectivity index (χ4v) is 2.21. The standard InChI is InChI=1S/C18H26O4/c1-8-12(6)21-18-15(20)9-14(10(2)3)17(22-13(7)19)16(18)11(4)5/h8-11,20H,1-7H3. The molecule has 0 saturated heterocycles. The molecule has 1 rings (SSSR count). The predicted molar refractivity (Wildman–Crippen MR) is 87.7 cm³/mol. The second kappa shape index (κ2) is 7.34. The Morgan fingerprint density at radius 2 is 1.68 bits per heavy atom. The third-order valence-electron chi connectivity index (χ3n) is 3.39. The number of hydrogen-bond donors (Lipinski definition) is 1. The van der Waals surface area contributed by atoms with E-state index in [2.05, 4.69) is 0 Å². The lowest BCUT2D eigenvalue weighted by Gasteiger charge is -2.23. The second-order valence-electron chi connectivity index (χ2n) is 5.96. The molecule has 1 aromatic carbocycles. The van der Waals surface area contributed by atoms with Gasteiger partial charge >= 0.3 is 5.97 Å². The van der Waals surface area contributed by atoms with Gasteiger partial charge in [0.1, 0.15) is 5.75 Å². The summed E-state index contributed by atoms with van der Waals surface area (Å²) in [6.07, 6.45) is 1.81. The molecule has 0 radical (unpaired) electrons. The summed E-state index contributed by atoms with van der Waals surface area (Å²) in [6.45, 7) is 13.0. The minimum Gasteiger partial charge on any atom is -0.504 e. The molecule has 0 amide bonds. The molecule has 1 N–H and O–H groups in total. The molecule has 0 aliphatic rings. The summed E-state index contributed by atoms with van der Waals surface area (Å²) in [6, 6.07) is 1.62. The highest BCUT2D eigenvalue weighted by Gasteiger charge is 2.25. The molecule has 0 saturated carbocycles. The van der Waals surface area contributed by atoms with Crippen LogP contribution in [0.15, 0.2) is 17.9 Å². The van der Waals surface area contributed by atoms with E-state index in [-0.39, 0.29) is 23.6 Å². The summed E-state index contributed by atoms with van der Waals surface area (Å²) in [4.78, 5) is 11.5. The van der Waals surface area contributed by atoms with Crippen LogP contribution in [-0.4, -0.2) is 11.1 Å². The number of carbonyl (C=O) groups excluding carboxylic acids is 1. The van der Waals surface area contributed by atoms with Gasteiger partial charge in [-0.25, -0.2) is 0 Å². The molecule has 0 fully saturated rings. The number of esters is 1. The normalized spacial score (nSPS) is 12.0. The largest absolute Gasteiger partial charge is 0.504 e. The van der Waals surface area contributed by atoms with Crippen LogP contribution in [-0.2, 0) is 4.79 Å². The van der Waals surface area contributed by atoms with Crippen molar-refractivity contribution in [1.29, 1.82) is 0 Å². The summed E-state index contributed by atoms with van der Waals surface area (Å²) < 4.78 is 11.2. The third-order valence-corrected chi connectivity index (χ3v) is 3.39. The average Bonchev–Trinajstić information content (AvgIpc) is 2.40. The number of benzene rings is 1. The first-order valence-corrected chi connectivity index (χ1v) is 7.57. The molecule has 4 heteroatoms. The maximum atomic E-state index is 11.5. The molecule has 0 bridgehead atoms. The van der Waals surface area contributed by atoms with E-state index in [9.17, 15) is 9.90 Å². The molecule has 0 aliphatic heterocycles. The minimum atomic E-state index is -0.386. The number of allylic oxidation sites excluding steroid dienone is 2. The summed E-state index contributed by atoms with van der Waals surface area (Å²) in [5.74, 6) is 1.32. The highest BCUT2D eigenvalue weighted by molar-refractivity contribution is 5.72. The van der Waals surface area contributed by atoms with Gasteiger partial charge in [0.2, 0.25) is 0 Å². The zero-order chi connectivity index (χ0) is 17.0. The maximum absolute atomic E-state index is 11.5. The van der Waals surface area contributed by atoms with E-state index < -0.39 is 0 Å². The van der Waals surface area contributed by atoms with Gasteiger partial charge in [-0.15, -0.1) is 0 Å². The van der Waals surface area contributed by atoms with Crippen molar-refractivity contribution >= 4 is 5.97 Å². The number of ether oxygens (including phenoxy) is 2. The zero-order valence-corrected chi connectivity index (χ0v) is 14.5. The average molecular weight is 306 g/mol. The van der Waals surface area contributed by atoms with Crippen molar-refractivity contribution in [3.63, 3.8) is 0 Å². The van der Waals surface area contributed by atoms with E-state index in [1.807, 2.05) is 47.6 Å². The van der Waals surface area contributed by atoms with E-state index in [0.29, 0.717) is 22.8 Å². The van der Waals surface area contributed by atoms with E-state index >= 15 is 0 Å². The van der Waals surface area contributed by atoms with E-state index in [4.69, 9.17) is 9.47 Å². The van der Waals surface area contributed by atoms with Crippen molar-refractivity contribution in [3.05, 3.63) is 29.0 Å². The number of carbonyl (C=O) groups is 1. The molecular weight excluding hydrogens is 280 g/mol. The van der Waals surface area contributed by atoms with Crippen LogP contribution in [0.3, 0.4) is 0 Å². The molecule has 0 aliphatic carbocycles. The van der Waals surface area contributed by atoms with Gasteiger partial charge in [-0.1, -0.05) is 27.7 Å². The highest BCUT2D eigenvalue weighted by atomic mass is 16.5. The van der Waals surface area contributed by atoms with Gasteiger partial charge in [-0.3, -0.25) is 4.79 Å². The molecule has 4 nitrogen and oxygen atoms in total. The number of aromatic hydroxyl groups is 1. The first kappa shape index (κ1) is 18.1. The predicted octanol–water partition coefficient (Wildman–Crippen LogP) is 4.87. The Morgan fingerprint density at radius 1 is 1.09 bits per heavy atom. The second-order valence-corrected chi connectivity index (χ2v) is 5.96. The topological polar surface area (TPSA) is 55.8 Å². The third kappa shape index (κ3) is 4.03. The highest BCUT2D eigenvalue weighted by Crippen LogP contribution is 2.46. The minimum absolute atomic E-state index is 0.0265. The Bertz CT molecular complexity index is 583. The van der Waals surface area contributed by atoms with Crippen LogP contribution in [0.25, 0.3) is 0 Å². The molecule has 0 atom stereocenters. The molecule has 1 aromatic rings. The lowest BCUT2D eigenvalue weighted by molar-refractivity contribution is -0.132. The summed E-state index contributed by atoms with van der Waals surface area (Å²) in [5, 5.41) is 10.4. The molecule has 0 unspecified atom stereocenters. The van der Waals surface area contributed by atoms with Crippen LogP contribution < -0.4 is 9.47 Å². The van der Waals surface area contributed by atoms with Crippen molar-refractivity contribution < 1.29 is 19.4 Å². The lowest BCUT2D eigenvalue weighted by Crippen LogP contribution is -2.10. The van der Waals surface area contributed by atoms with Crippen molar-refractivity contribution in [2.24, 2.45) is 0 Å². The van der Waals surface area contributed by atoms with Crippen LogP contribution >= 0.6 is 0 Å². The van der Waals surface area contributed by atoms with Gasteiger partial charge in [-0.2, -0.15) is 0 Å². The first-order valence-electron chi connectivity index (χ1n) is 7.57. The van der Waals surface area contributed by atoms with Crippen molar-refractivity contribution in [1.82, 2.24) is 0 Å².